The van der Waals surface area contributed by atoms with E-state index >= 15 is 0 Å². The van der Waals surface area contributed by atoms with Crippen molar-refractivity contribution in [3.05, 3.63) is 46.3 Å². The molecule has 0 amide bonds. The first-order chi connectivity index (χ1) is 8.60. The summed E-state index contributed by atoms with van der Waals surface area (Å²) in [6, 6.07) is 6.61. The number of aryl methyl sites for hydroxylation is 1. The molecule has 0 saturated carbocycles. The second-order valence-corrected chi connectivity index (χ2v) is 4.67. The van der Waals surface area contributed by atoms with Crippen molar-refractivity contribution in [1.29, 1.82) is 0 Å². The predicted octanol–water partition coefficient (Wildman–Crippen LogP) is 4.04. The standard InChI is InChI=1S/C13H12BrFN2O/c1-8-5-10(14)13(16-7-8)17-9-3-4-12(18-2)11(15)6-9/h3-7H,1-2H3,(H,16,17). The molecule has 0 aliphatic carbocycles. The van der Waals surface area contributed by atoms with Crippen LogP contribution < -0.4 is 10.1 Å². The molecule has 0 saturated heterocycles. The Hall–Kier alpha value is -1.62. The maximum atomic E-state index is 13.5. The molecule has 0 radical (unpaired) electrons. The Balaban J connectivity index is 2.26. The van der Waals surface area contributed by atoms with E-state index in [4.69, 9.17) is 4.74 Å². The van der Waals surface area contributed by atoms with Crippen LogP contribution in [-0.4, -0.2) is 12.1 Å². The molecule has 1 N–H and O–H groups in total. The molecule has 2 aromatic rings. The van der Waals surface area contributed by atoms with Crippen molar-refractivity contribution in [2.45, 2.75) is 6.92 Å². The van der Waals surface area contributed by atoms with Gasteiger partial charge in [-0.2, -0.15) is 0 Å². The summed E-state index contributed by atoms with van der Waals surface area (Å²) >= 11 is 3.41. The molecular formula is C13H12BrFN2O. The number of methoxy groups -OCH3 is 1. The Labute approximate surface area is 113 Å². The van der Waals surface area contributed by atoms with Gasteiger partial charge >= 0.3 is 0 Å². The molecule has 0 aliphatic heterocycles. The van der Waals surface area contributed by atoms with Crippen molar-refractivity contribution in [2.24, 2.45) is 0 Å². The number of nitrogens with zero attached hydrogens (tertiary/aromatic N) is 1. The van der Waals surface area contributed by atoms with Gasteiger partial charge in [-0.05, 0) is 46.6 Å². The van der Waals surface area contributed by atoms with E-state index in [0.717, 1.165) is 10.0 Å². The Morgan fingerprint density at radius 3 is 2.72 bits per heavy atom. The van der Waals surface area contributed by atoms with Crippen LogP contribution in [0.1, 0.15) is 5.56 Å². The zero-order chi connectivity index (χ0) is 13.1. The molecular weight excluding hydrogens is 299 g/mol. The molecule has 1 heterocycles. The zero-order valence-corrected chi connectivity index (χ0v) is 11.6. The number of rotatable bonds is 3. The number of aromatic nitrogens is 1. The first-order valence-electron chi connectivity index (χ1n) is 5.33. The summed E-state index contributed by atoms with van der Waals surface area (Å²) in [5.41, 5.74) is 1.67. The average molecular weight is 311 g/mol. The number of ether oxygens (including phenoxy) is 1. The minimum absolute atomic E-state index is 0.219. The summed E-state index contributed by atoms with van der Waals surface area (Å²) in [6.45, 7) is 1.95. The summed E-state index contributed by atoms with van der Waals surface area (Å²) in [6.07, 6.45) is 1.74. The van der Waals surface area contributed by atoms with Gasteiger partial charge in [0.1, 0.15) is 5.82 Å². The number of halogens is 2. The molecule has 2 rings (SSSR count). The third-order valence-electron chi connectivity index (χ3n) is 2.39. The number of hydrogen-bond donors (Lipinski definition) is 1. The van der Waals surface area contributed by atoms with Crippen LogP contribution in [0.4, 0.5) is 15.9 Å². The van der Waals surface area contributed by atoms with Gasteiger partial charge in [-0.15, -0.1) is 0 Å². The van der Waals surface area contributed by atoms with Crippen LogP contribution in [0.2, 0.25) is 0 Å². The Morgan fingerprint density at radius 1 is 1.33 bits per heavy atom. The van der Waals surface area contributed by atoms with Crippen LogP contribution in [0, 0.1) is 12.7 Å². The summed E-state index contributed by atoms with van der Waals surface area (Å²) in [4.78, 5) is 4.23. The van der Waals surface area contributed by atoms with Crippen molar-refractivity contribution in [3.8, 4) is 5.75 Å². The lowest BCUT2D eigenvalue weighted by Crippen LogP contribution is -1.96. The van der Waals surface area contributed by atoms with E-state index in [2.05, 4.69) is 26.2 Å². The Bertz CT molecular complexity index is 575. The zero-order valence-electron chi connectivity index (χ0n) is 10.00. The van der Waals surface area contributed by atoms with Crippen molar-refractivity contribution < 1.29 is 9.13 Å². The van der Waals surface area contributed by atoms with Crippen molar-refractivity contribution >= 4 is 27.4 Å². The Kier molecular flexibility index (Phi) is 3.81. The van der Waals surface area contributed by atoms with Crippen molar-refractivity contribution in [3.63, 3.8) is 0 Å². The van der Waals surface area contributed by atoms with Crippen molar-refractivity contribution in [1.82, 2.24) is 4.98 Å². The van der Waals surface area contributed by atoms with Crippen LogP contribution in [0.25, 0.3) is 0 Å². The second-order valence-electron chi connectivity index (χ2n) is 3.82. The van der Waals surface area contributed by atoms with E-state index in [0.29, 0.717) is 11.5 Å². The molecule has 0 aliphatic rings. The van der Waals surface area contributed by atoms with Gasteiger partial charge in [-0.25, -0.2) is 9.37 Å². The lowest BCUT2D eigenvalue weighted by atomic mass is 10.2. The maximum absolute atomic E-state index is 13.5. The van der Waals surface area contributed by atoms with Crippen LogP contribution in [0.5, 0.6) is 5.75 Å². The highest BCUT2D eigenvalue weighted by Crippen LogP contribution is 2.26. The summed E-state index contributed by atoms with van der Waals surface area (Å²) < 4.78 is 19.2. The van der Waals surface area contributed by atoms with Gasteiger partial charge in [-0.3, -0.25) is 0 Å². The molecule has 5 heteroatoms. The van der Waals surface area contributed by atoms with E-state index in [1.807, 2.05) is 13.0 Å². The molecule has 1 aromatic heterocycles. The van der Waals surface area contributed by atoms with Gasteiger partial charge < -0.3 is 10.1 Å². The van der Waals surface area contributed by atoms with Gasteiger partial charge in [0.15, 0.2) is 11.6 Å². The fourth-order valence-electron chi connectivity index (χ4n) is 1.51. The van der Waals surface area contributed by atoms with E-state index in [9.17, 15) is 4.39 Å². The summed E-state index contributed by atoms with van der Waals surface area (Å²) in [5.74, 6) is 0.451. The topological polar surface area (TPSA) is 34.1 Å². The minimum Gasteiger partial charge on any atom is -0.494 e. The second kappa shape index (κ2) is 5.35. The molecule has 0 unspecified atom stereocenters. The molecule has 94 valence electrons. The lowest BCUT2D eigenvalue weighted by Gasteiger charge is -2.09. The number of benzene rings is 1. The van der Waals surface area contributed by atoms with Gasteiger partial charge in [0.2, 0.25) is 0 Å². The third-order valence-corrected chi connectivity index (χ3v) is 3.00. The smallest absolute Gasteiger partial charge is 0.167 e. The van der Waals surface area contributed by atoms with E-state index in [-0.39, 0.29) is 5.75 Å². The first-order valence-corrected chi connectivity index (χ1v) is 6.12. The minimum atomic E-state index is -0.411. The molecule has 18 heavy (non-hydrogen) atoms. The van der Waals surface area contributed by atoms with Crippen LogP contribution >= 0.6 is 15.9 Å². The maximum Gasteiger partial charge on any atom is 0.167 e. The van der Waals surface area contributed by atoms with Gasteiger partial charge in [0.25, 0.3) is 0 Å². The monoisotopic (exact) mass is 310 g/mol. The molecule has 0 fully saturated rings. The molecule has 0 spiro atoms. The molecule has 1 aromatic carbocycles. The van der Waals surface area contributed by atoms with Crippen LogP contribution in [0.3, 0.4) is 0 Å². The van der Waals surface area contributed by atoms with Crippen LogP contribution in [-0.2, 0) is 0 Å². The number of nitrogens with one attached hydrogen (secondary N) is 1. The highest BCUT2D eigenvalue weighted by atomic mass is 79.9. The highest BCUT2D eigenvalue weighted by molar-refractivity contribution is 9.10. The van der Waals surface area contributed by atoms with Gasteiger partial charge in [-0.1, -0.05) is 0 Å². The lowest BCUT2D eigenvalue weighted by molar-refractivity contribution is 0.386. The highest BCUT2D eigenvalue weighted by Gasteiger charge is 2.06. The fraction of sp³-hybridized carbons (Fsp3) is 0.154. The van der Waals surface area contributed by atoms with Gasteiger partial charge in [0.05, 0.1) is 11.6 Å². The quantitative estimate of drug-likeness (QED) is 0.929. The first kappa shape index (κ1) is 12.8. The number of pyridine rings is 1. The summed E-state index contributed by atoms with van der Waals surface area (Å²) in [5, 5.41) is 3.04. The molecule has 0 atom stereocenters. The Morgan fingerprint density at radius 2 is 2.11 bits per heavy atom. The van der Waals surface area contributed by atoms with E-state index < -0.39 is 5.82 Å². The van der Waals surface area contributed by atoms with E-state index in [1.165, 1.54) is 13.2 Å². The largest absolute Gasteiger partial charge is 0.494 e. The molecule has 0 bridgehead atoms. The number of hydrogen-bond acceptors (Lipinski definition) is 3. The van der Waals surface area contributed by atoms with Gasteiger partial charge in [0, 0.05) is 18.0 Å². The molecule has 3 nitrogen and oxygen atoms in total. The number of anilines is 2. The average Bonchev–Trinajstić information content (AvgIpc) is 2.33. The predicted molar refractivity (Wildman–Crippen MR) is 72.9 cm³/mol. The van der Waals surface area contributed by atoms with E-state index in [1.54, 1.807) is 18.3 Å². The SMILES string of the molecule is COc1ccc(Nc2ncc(C)cc2Br)cc1F. The summed E-state index contributed by atoms with van der Waals surface area (Å²) in [7, 11) is 1.43. The van der Waals surface area contributed by atoms with Crippen molar-refractivity contribution in [2.75, 3.05) is 12.4 Å². The fourth-order valence-corrected chi connectivity index (χ4v) is 2.07. The van der Waals surface area contributed by atoms with Crippen LogP contribution in [0.15, 0.2) is 34.9 Å². The third kappa shape index (κ3) is 2.79. The normalized spacial score (nSPS) is 10.2.